The van der Waals surface area contributed by atoms with E-state index in [4.69, 9.17) is 4.74 Å². The van der Waals surface area contributed by atoms with Crippen LogP contribution in [0.15, 0.2) is 18.3 Å². The molecular weight excluding hydrogens is 210 g/mol. The topological polar surface area (TPSA) is 77.3 Å². The summed E-state index contributed by atoms with van der Waals surface area (Å²) in [5.41, 5.74) is 0. The minimum atomic E-state index is -0.522. The van der Waals surface area contributed by atoms with Gasteiger partial charge in [-0.2, -0.15) is 0 Å². The van der Waals surface area contributed by atoms with Gasteiger partial charge in [-0.05, 0) is 35.4 Å². The molecule has 6 nitrogen and oxygen atoms in total. The SMILES string of the molecule is O=[N+]([O-])c1ccc(OC2CCCNC2)cn1. The molecule has 1 aromatic heterocycles. The van der Waals surface area contributed by atoms with E-state index >= 15 is 0 Å². The molecule has 2 heterocycles. The van der Waals surface area contributed by atoms with Gasteiger partial charge in [-0.3, -0.25) is 0 Å². The number of nitrogens with one attached hydrogen (secondary N) is 1. The molecule has 0 aliphatic carbocycles. The van der Waals surface area contributed by atoms with Crippen molar-refractivity contribution in [3.8, 4) is 5.75 Å². The third-order valence-corrected chi connectivity index (χ3v) is 2.46. The van der Waals surface area contributed by atoms with Crippen LogP contribution >= 0.6 is 0 Å². The molecule has 1 aliphatic heterocycles. The Labute approximate surface area is 92.8 Å². The molecule has 1 atom stereocenters. The minimum Gasteiger partial charge on any atom is -0.485 e. The standard InChI is InChI=1S/C10H13N3O3/c14-13(15)10-4-3-9(7-12-10)16-8-2-1-5-11-6-8/h3-4,7-8,11H,1-2,5-6H2. The first-order valence-electron chi connectivity index (χ1n) is 5.23. The van der Waals surface area contributed by atoms with E-state index < -0.39 is 4.92 Å². The van der Waals surface area contributed by atoms with Gasteiger partial charge in [0.15, 0.2) is 11.9 Å². The van der Waals surface area contributed by atoms with Gasteiger partial charge >= 0.3 is 5.82 Å². The fraction of sp³-hybridized carbons (Fsp3) is 0.500. The molecule has 0 bridgehead atoms. The predicted octanol–water partition coefficient (Wildman–Crippen LogP) is 1.12. The van der Waals surface area contributed by atoms with E-state index in [-0.39, 0.29) is 11.9 Å². The van der Waals surface area contributed by atoms with Gasteiger partial charge in [0.25, 0.3) is 0 Å². The Bertz CT molecular complexity index is 360. The first kappa shape index (κ1) is 10.8. The van der Waals surface area contributed by atoms with Gasteiger partial charge in [0.1, 0.15) is 6.10 Å². The molecular formula is C10H13N3O3. The summed E-state index contributed by atoms with van der Waals surface area (Å²) in [7, 11) is 0. The highest BCUT2D eigenvalue weighted by molar-refractivity contribution is 5.26. The minimum absolute atomic E-state index is 0.136. The smallest absolute Gasteiger partial charge is 0.363 e. The van der Waals surface area contributed by atoms with E-state index in [2.05, 4.69) is 10.3 Å². The Hall–Kier alpha value is -1.69. The summed E-state index contributed by atoms with van der Waals surface area (Å²) in [5, 5.41) is 13.6. The molecule has 1 N–H and O–H groups in total. The van der Waals surface area contributed by atoms with Gasteiger partial charge in [-0.15, -0.1) is 0 Å². The second kappa shape index (κ2) is 4.89. The van der Waals surface area contributed by atoms with Gasteiger partial charge in [0.2, 0.25) is 0 Å². The molecule has 0 spiro atoms. The van der Waals surface area contributed by atoms with Crippen molar-refractivity contribution in [3.05, 3.63) is 28.4 Å². The molecule has 0 radical (unpaired) electrons. The highest BCUT2D eigenvalue weighted by Gasteiger charge is 2.15. The van der Waals surface area contributed by atoms with Crippen molar-refractivity contribution >= 4 is 5.82 Å². The van der Waals surface area contributed by atoms with Gasteiger partial charge in [0, 0.05) is 12.6 Å². The molecule has 0 saturated carbocycles. The van der Waals surface area contributed by atoms with Crippen molar-refractivity contribution in [2.75, 3.05) is 13.1 Å². The van der Waals surface area contributed by atoms with Crippen LogP contribution in [0.4, 0.5) is 5.82 Å². The number of nitro groups is 1. The average Bonchev–Trinajstić information content (AvgIpc) is 2.31. The van der Waals surface area contributed by atoms with Crippen molar-refractivity contribution in [2.45, 2.75) is 18.9 Å². The van der Waals surface area contributed by atoms with E-state index in [1.54, 1.807) is 6.07 Å². The second-order valence-corrected chi connectivity index (χ2v) is 3.70. The van der Waals surface area contributed by atoms with Crippen LogP contribution in [0.25, 0.3) is 0 Å². The van der Waals surface area contributed by atoms with Crippen LogP contribution in [-0.2, 0) is 0 Å². The monoisotopic (exact) mass is 223 g/mol. The molecule has 86 valence electrons. The summed E-state index contributed by atoms with van der Waals surface area (Å²) in [6.07, 6.45) is 3.62. The van der Waals surface area contributed by atoms with E-state index in [9.17, 15) is 10.1 Å². The summed E-state index contributed by atoms with van der Waals surface area (Å²) < 4.78 is 5.64. The zero-order valence-electron chi connectivity index (χ0n) is 8.76. The fourth-order valence-electron chi connectivity index (χ4n) is 1.66. The molecule has 1 aliphatic rings. The zero-order valence-corrected chi connectivity index (χ0v) is 8.76. The summed E-state index contributed by atoms with van der Waals surface area (Å²) in [6.45, 7) is 1.84. The third-order valence-electron chi connectivity index (χ3n) is 2.46. The lowest BCUT2D eigenvalue weighted by atomic mass is 10.1. The van der Waals surface area contributed by atoms with E-state index in [1.165, 1.54) is 12.3 Å². The van der Waals surface area contributed by atoms with Crippen LogP contribution in [0.3, 0.4) is 0 Å². The van der Waals surface area contributed by atoms with Crippen LogP contribution < -0.4 is 10.1 Å². The number of rotatable bonds is 3. The van der Waals surface area contributed by atoms with Crippen molar-refractivity contribution in [1.82, 2.24) is 10.3 Å². The number of hydrogen-bond donors (Lipinski definition) is 1. The Balaban J connectivity index is 1.96. The molecule has 0 amide bonds. The van der Waals surface area contributed by atoms with Gasteiger partial charge in [-0.1, -0.05) is 0 Å². The summed E-state index contributed by atoms with van der Waals surface area (Å²) in [6, 6.07) is 2.94. The predicted molar refractivity (Wildman–Crippen MR) is 57.4 cm³/mol. The first-order chi connectivity index (χ1) is 7.75. The fourth-order valence-corrected chi connectivity index (χ4v) is 1.66. The quantitative estimate of drug-likeness (QED) is 0.613. The maximum absolute atomic E-state index is 10.4. The second-order valence-electron chi connectivity index (χ2n) is 3.70. The Morgan fingerprint density at radius 1 is 1.56 bits per heavy atom. The van der Waals surface area contributed by atoms with Crippen LogP contribution in [0, 0.1) is 10.1 Å². The van der Waals surface area contributed by atoms with Gasteiger partial charge in [-0.25, -0.2) is 0 Å². The zero-order chi connectivity index (χ0) is 11.4. The number of aromatic nitrogens is 1. The van der Waals surface area contributed by atoms with Crippen molar-refractivity contribution in [3.63, 3.8) is 0 Å². The Morgan fingerprint density at radius 2 is 2.44 bits per heavy atom. The normalized spacial score (nSPS) is 20.4. The number of ether oxygens (including phenoxy) is 1. The number of hydrogen-bond acceptors (Lipinski definition) is 5. The van der Waals surface area contributed by atoms with Crippen molar-refractivity contribution < 1.29 is 9.66 Å². The van der Waals surface area contributed by atoms with E-state index in [0.717, 1.165) is 25.9 Å². The maximum atomic E-state index is 10.4. The molecule has 6 heteroatoms. The number of nitrogens with zero attached hydrogens (tertiary/aromatic N) is 2. The van der Waals surface area contributed by atoms with E-state index in [0.29, 0.717) is 5.75 Å². The molecule has 1 aromatic rings. The lowest BCUT2D eigenvalue weighted by Crippen LogP contribution is -2.37. The van der Waals surface area contributed by atoms with Gasteiger partial charge < -0.3 is 20.2 Å². The first-order valence-corrected chi connectivity index (χ1v) is 5.23. The number of piperidine rings is 1. The lowest BCUT2D eigenvalue weighted by molar-refractivity contribution is -0.389. The summed E-state index contributed by atoms with van der Waals surface area (Å²) in [5.74, 6) is 0.424. The summed E-state index contributed by atoms with van der Waals surface area (Å²) >= 11 is 0. The highest BCUT2D eigenvalue weighted by Crippen LogP contribution is 2.17. The number of pyridine rings is 1. The lowest BCUT2D eigenvalue weighted by Gasteiger charge is -2.23. The van der Waals surface area contributed by atoms with Crippen LogP contribution in [0.2, 0.25) is 0 Å². The highest BCUT2D eigenvalue weighted by atomic mass is 16.6. The molecule has 1 unspecified atom stereocenters. The maximum Gasteiger partial charge on any atom is 0.363 e. The van der Waals surface area contributed by atoms with Crippen LogP contribution in [-0.4, -0.2) is 29.1 Å². The third kappa shape index (κ3) is 2.66. The van der Waals surface area contributed by atoms with Gasteiger partial charge in [0.05, 0.1) is 0 Å². The van der Waals surface area contributed by atoms with Crippen molar-refractivity contribution in [2.24, 2.45) is 0 Å². The molecule has 0 aromatic carbocycles. The van der Waals surface area contributed by atoms with Crippen LogP contribution in [0.5, 0.6) is 5.75 Å². The molecule has 1 fully saturated rings. The Morgan fingerprint density at radius 3 is 3.00 bits per heavy atom. The van der Waals surface area contributed by atoms with Crippen molar-refractivity contribution in [1.29, 1.82) is 0 Å². The summed E-state index contributed by atoms with van der Waals surface area (Å²) in [4.78, 5) is 13.6. The van der Waals surface area contributed by atoms with Crippen LogP contribution in [0.1, 0.15) is 12.8 Å². The van der Waals surface area contributed by atoms with E-state index in [1.807, 2.05) is 0 Å². The molecule has 16 heavy (non-hydrogen) atoms. The largest absolute Gasteiger partial charge is 0.485 e. The average molecular weight is 223 g/mol. The molecule has 1 saturated heterocycles. The molecule has 2 rings (SSSR count). The Kier molecular flexibility index (Phi) is 3.31.